The minimum atomic E-state index is -0.421. The Balaban J connectivity index is 2.10. The lowest BCUT2D eigenvalue weighted by molar-refractivity contribution is 0.307. The zero-order chi connectivity index (χ0) is 14.8. The number of rotatable bonds is 3. The second-order valence-electron chi connectivity index (χ2n) is 5.08. The summed E-state index contributed by atoms with van der Waals surface area (Å²) in [5, 5.41) is 0.521. The van der Waals surface area contributed by atoms with Crippen LogP contribution >= 0.6 is 0 Å². The first kappa shape index (κ1) is 13.4. The molecular weight excluding hydrogens is 266 g/mol. The van der Waals surface area contributed by atoms with Crippen LogP contribution in [0.15, 0.2) is 57.7 Å². The minimum Gasteiger partial charge on any atom is -0.411 e. The molecule has 4 nitrogen and oxygen atoms in total. The van der Waals surface area contributed by atoms with E-state index in [9.17, 15) is 4.79 Å². The standard InChI is InChI=1S/C17H15NO3/c1-11(2)13-9-6-10-14-15(13)16(19)21-17(18-14)20-12-7-4-3-5-8-12/h3-11H,1-2H3. The van der Waals surface area contributed by atoms with E-state index < -0.39 is 5.63 Å². The molecule has 0 amide bonds. The van der Waals surface area contributed by atoms with E-state index in [1.54, 1.807) is 18.2 Å². The summed E-state index contributed by atoms with van der Waals surface area (Å²) in [7, 11) is 0. The van der Waals surface area contributed by atoms with Crippen LogP contribution in [0.2, 0.25) is 0 Å². The summed E-state index contributed by atoms with van der Waals surface area (Å²) in [6.45, 7) is 4.06. The Morgan fingerprint density at radius 2 is 1.81 bits per heavy atom. The minimum absolute atomic E-state index is 0.0420. The van der Waals surface area contributed by atoms with Crippen molar-refractivity contribution in [3.63, 3.8) is 0 Å². The molecule has 0 aliphatic carbocycles. The first-order chi connectivity index (χ1) is 10.1. The van der Waals surface area contributed by atoms with Crippen LogP contribution < -0.4 is 10.4 Å². The molecule has 3 rings (SSSR count). The van der Waals surface area contributed by atoms with Crippen LogP contribution in [-0.4, -0.2) is 4.98 Å². The Morgan fingerprint density at radius 1 is 1.05 bits per heavy atom. The fraction of sp³-hybridized carbons (Fsp3) is 0.176. The number of aromatic nitrogens is 1. The van der Waals surface area contributed by atoms with Gasteiger partial charge in [0.2, 0.25) is 0 Å². The number of hydrogen-bond acceptors (Lipinski definition) is 4. The van der Waals surface area contributed by atoms with Crippen molar-refractivity contribution in [1.29, 1.82) is 0 Å². The van der Waals surface area contributed by atoms with Gasteiger partial charge in [0.05, 0.1) is 10.9 Å². The molecule has 1 heterocycles. The van der Waals surface area contributed by atoms with Crippen molar-refractivity contribution in [2.75, 3.05) is 0 Å². The number of benzene rings is 2. The van der Waals surface area contributed by atoms with E-state index in [4.69, 9.17) is 9.15 Å². The quantitative estimate of drug-likeness (QED) is 0.725. The van der Waals surface area contributed by atoms with Gasteiger partial charge >= 0.3 is 11.7 Å². The van der Waals surface area contributed by atoms with Gasteiger partial charge in [-0.25, -0.2) is 4.79 Å². The average Bonchev–Trinajstić information content (AvgIpc) is 2.47. The summed E-state index contributed by atoms with van der Waals surface area (Å²) in [6.07, 6.45) is -0.0420. The van der Waals surface area contributed by atoms with Crippen molar-refractivity contribution in [3.05, 3.63) is 64.5 Å². The SMILES string of the molecule is CC(C)c1cccc2nc(Oc3ccccc3)oc(=O)c12. The van der Waals surface area contributed by atoms with Crippen molar-refractivity contribution in [2.45, 2.75) is 19.8 Å². The van der Waals surface area contributed by atoms with Gasteiger partial charge in [0, 0.05) is 0 Å². The number of nitrogens with zero attached hydrogens (tertiary/aromatic N) is 1. The second kappa shape index (κ2) is 5.40. The highest BCUT2D eigenvalue weighted by atomic mass is 16.6. The van der Waals surface area contributed by atoms with Crippen molar-refractivity contribution in [2.24, 2.45) is 0 Å². The van der Waals surface area contributed by atoms with Crippen LogP contribution in [0, 0.1) is 0 Å². The highest BCUT2D eigenvalue weighted by Crippen LogP contribution is 2.24. The normalized spacial score (nSPS) is 11.0. The summed E-state index contributed by atoms with van der Waals surface area (Å²) < 4.78 is 10.7. The Kier molecular flexibility index (Phi) is 3.44. The lowest BCUT2D eigenvalue weighted by Gasteiger charge is -2.09. The summed E-state index contributed by atoms with van der Waals surface area (Å²) in [6, 6.07) is 14.7. The average molecular weight is 281 g/mol. The van der Waals surface area contributed by atoms with E-state index >= 15 is 0 Å². The third-order valence-corrected chi connectivity index (χ3v) is 3.24. The number of fused-ring (bicyclic) bond motifs is 1. The molecule has 0 unspecified atom stereocenters. The zero-order valence-corrected chi connectivity index (χ0v) is 11.9. The first-order valence-corrected chi connectivity index (χ1v) is 6.82. The van der Waals surface area contributed by atoms with Crippen LogP contribution in [0.1, 0.15) is 25.3 Å². The van der Waals surface area contributed by atoms with Crippen LogP contribution in [0.4, 0.5) is 0 Å². The molecule has 3 aromatic rings. The topological polar surface area (TPSA) is 52.3 Å². The Labute approximate surface area is 122 Å². The van der Waals surface area contributed by atoms with E-state index in [0.29, 0.717) is 16.7 Å². The van der Waals surface area contributed by atoms with E-state index in [0.717, 1.165) is 5.56 Å². The van der Waals surface area contributed by atoms with Gasteiger partial charge in [-0.1, -0.05) is 44.2 Å². The molecule has 21 heavy (non-hydrogen) atoms. The molecule has 0 atom stereocenters. The number of para-hydroxylation sites is 1. The van der Waals surface area contributed by atoms with Crippen molar-refractivity contribution in [3.8, 4) is 11.8 Å². The number of ether oxygens (including phenoxy) is 1. The molecule has 0 fully saturated rings. The van der Waals surface area contributed by atoms with Gasteiger partial charge in [-0.2, -0.15) is 4.98 Å². The van der Waals surface area contributed by atoms with Gasteiger partial charge in [0.1, 0.15) is 5.75 Å². The highest BCUT2D eigenvalue weighted by molar-refractivity contribution is 5.81. The predicted octanol–water partition coefficient (Wildman–Crippen LogP) is 4.10. The van der Waals surface area contributed by atoms with Gasteiger partial charge in [0.25, 0.3) is 0 Å². The van der Waals surface area contributed by atoms with E-state index in [-0.39, 0.29) is 12.0 Å². The monoisotopic (exact) mass is 281 g/mol. The first-order valence-electron chi connectivity index (χ1n) is 6.82. The fourth-order valence-corrected chi connectivity index (χ4v) is 2.24. The summed E-state index contributed by atoms with van der Waals surface area (Å²) in [5.74, 6) is 0.798. The zero-order valence-electron chi connectivity index (χ0n) is 11.9. The number of hydrogen-bond donors (Lipinski definition) is 0. The summed E-state index contributed by atoms with van der Waals surface area (Å²) >= 11 is 0. The summed E-state index contributed by atoms with van der Waals surface area (Å²) in [5.41, 5.74) is 1.10. The van der Waals surface area contributed by atoms with Gasteiger partial charge in [-0.15, -0.1) is 0 Å². The van der Waals surface area contributed by atoms with Gasteiger partial charge in [0.15, 0.2) is 0 Å². The molecule has 0 saturated carbocycles. The lowest BCUT2D eigenvalue weighted by atomic mass is 9.99. The largest absolute Gasteiger partial charge is 0.411 e. The molecule has 0 N–H and O–H groups in total. The Morgan fingerprint density at radius 3 is 2.52 bits per heavy atom. The second-order valence-corrected chi connectivity index (χ2v) is 5.08. The third kappa shape index (κ3) is 2.65. The van der Waals surface area contributed by atoms with Crippen molar-refractivity contribution in [1.82, 2.24) is 4.98 Å². The van der Waals surface area contributed by atoms with Crippen molar-refractivity contribution >= 4 is 10.9 Å². The predicted molar refractivity (Wildman–Crippen MR) is 80.9 cm³/mol. The lowest BCUT2D eigenvalue weighted by Crippen LogP contribution is -2.06. The van der Waals surface area contributed by atoms with E-state index in [1.165, 1.54) is 0 Å². The third-order valence-electron chi connectivity index (χ3n) is 3.24. The van der Waals surface area contributed by atoms with Crippen LogP contribution in [0.25, 0.3) is 10.9 Å². The fourth-order valence-electron chi connectivity index (χ4n) is 2.24. The molecule has 0 aliphatic rings. The molecule has 0 spiro atoms. The molecule has 106 valence electrons. The van der Waals surface area contributed by atoms with Crippen LogP contribution in [0.5, 0.6) is 11.8 Å². The van der Waals surface area contributed by atoms with Gasteiger partial charge in [-0.05, 0) is 29.7 Å². The molecular formula is C17H15NO3. The molecule has 0 aliphatic heterocycles. The van der Waals surface area contributed by atoms with Crippen LogP contribution in [-0.2, 0) is 0 Å². The van der Waals surface area contributed by atoms with Gasteiger partial charge < -0.3 is 9.15 Å². The maximum absolute atomic E-state index is 12.2. The molecule has 4 heteroatoms. The molecule has 0 radical (unpaired) electrons. The van der Waals surface area contributed by atoms with E-state index in [1.807, 2.05) is 44.2 Å². The highest BCUT2D eigenvalue weighted by Gasteiger charge is 2.13. The molecule has 0 bridgehead atoms. The maximum Gasteiger partial charge on any atom is 0.402 e. The van der Waals surface area contributed by atoms with Gasteiger partial charge in [-0.3, -0.25) is 0 Å². The maximum atomic E-state index is 12.2. The molecule has 2 aromatic carbocycles. The van der Waals surface area contributed by atoms with Crippen molar-refractivity contribution < 1.29 is 9.15 Å². The Hall–Kier alpha value is -2.62. The molecule has 0 saturated heterocycles. The Bertz CT molecular complexity index is 822. The molecule has 1 aromatic heterocycles. The summed E-state index contributed by atoms with van der Waals surface area (Å²) in [4.78, 5) is 16.5. The smallest absolute Gasteiger partial charge is 0.402 e. The van der Waals surface area contributed by atoms with E-state index in [2.05, 4.69) is 4.98 Å². The van der Waals surface area contributed by atoms with Crippen LogP contribution in [0.3, 0.4) is 0 Å².